The quantitative estimate of drug-likeness (QED) is 0.802. The molecule has 0 saturated carbocycles. The molecular formula is C14H15ClN2O2. The fraction of sp³-hybridized carbons (Fsp3) is 0.357. The lowest BCUT2D eigenvalue weighted by molar-refractivity contribution is 0.0297. The molecule has 100 valence electrons. The molecule has 2 heterocycles. The molecule has 5 heteroatoms. The van der Waals surface area contributed by atoms with E-state index < -0.39 is 0 Å². The number of carbonyl (C=O) groups is 1. The van der Waals surface area contributed by atoms with Gasteiger partial charge in [-0.25, -0.2) is 0 Å². The van der Waals surface area contributed by atoms with Crippen molar-refractivity contribution in [2.24, 2.45) is 7.05 Å². The van der Waals surface area contributed by atoms with Gasteiger partial charge in [-0.05, 0) is 6.07 Å². The van der Waals surface area contributed by atoms with Crippen molar-refractivity contribution < 1.29 is 9.53 Å². The molecule has 3 rings (SSSR count). The van der Waals surface area contributed by atoms with Crippen LogP contribution < -0.4 is 0 Å². The Hall–Kier alpha value is -1.52. The molecule has 0 aliphatic carbocycles. The standard InChI is InChI=1S/C14H15ClN2O2/c1-16-11-5-3-2-4-10(11)12(15)13(16)14(18)17-6-8-19-9-7-17/h2-5H,6-9H2,1H3. The Kier molecular flexibility index (Phi) is 3.21. The van der Waals surface area contributed by atoms with E-state index in [9.17, 15) is 4.79 Å². The Morgan fingerprint density at radius 3 is 2.63 bits per heavy atom. The largest absolute Gasteiger partial charge is 0.378 e. The normalized spacial score (nSPS) is 16.0. The first-order chi connectivity index (χ1) is 9.20. The second kappa shape index (κ2) is 4.87. The molecule has 1 aromatic heterocycles. The Morgan fingerprint density at radius 2 is 1.95 bits per heavy atom. The summed E-state index contributed by atoms with van der Waals surface area (Å²) in [6, 6.07) is 7.78. The van der Waals surface area contributed by atoms with Crippen LogP contribution in [0.1, 0.15) is 10.5 Å². The Labute approximate surface area is 116 Å². The number of halogens is 1. The fourth-order valence-electron chi connectivity index (χ4n) is 2.50. The van der Waals surface area contributed by atoms with Crippen LogP contribution in [0, 0.1) is 0 Å². The number of carbonyl (C=O) groups excluding carboxylic acids is 1. The third kappa shape index (κ3) is 2.01. The number of nitrogens with zero attached hydrogens (tertiary/aromatic N) is 2. The molecule has 1 amide bonds. The molecule has 2 aromatic rings. The van der Waals surface area contributed by atoms with Crippen molar-refractivity contribution >= 4 is 28.4 Å². The van der Waals surface area contributed by atoms with Gasteiger partial charge in [-0.3, -0.25) is 4.79 Å². The predicted octanol–water partition coefficient (Wildman–Crippen LogP) is 2.30. The molecule has 0 N–H and O–H groups in total. The minimum atomic E-state index is -0.0213. The zero-order chi connectivity index (χ0) is 13.4. The number of amides is 1. The fourth-order valence-corrected chi connectivity index (χ4v) is 2.87. The van der Waals surface area contributed by atoms with Crippen molar-refractivity contribution in [1.82, 2.24) is 9.47 Å². The highest BCUT2D eigenvalue weighted by molar-refractivity contribution is 6.38. The van der Waals surface area contributed by atoms with Gasteiger partial charge < -0.3 is 14.2 Å². The number of benzene rings is 1. The number of para-hydroxylation sites is 1. The second-order valence-electron chi connectivity index (χ2n) is 4.64. The number of hydrogen-bond donors (Lipinski definition) is 0. The van der Waals surface area contributed by atoms with Crippen LogP contribution >= 0.6 is 11.6 Å². The lowest BCUT2D eigenvalue weighted by atomic mass is 10.2. The van der Waals surface area contributed by atoms with Crippen molar-refractivity contribution in [3.63, 3.8) is 0 Å². The van der Waals surface area contributed by atoms with Gasteiger partial charge in [0.2, 0.25) is 0 Å². The van der Waals surface area contributed by atoms with Crippen LogP contribution in [-0.4, -0.2) is 41.7 Å². The molecule has 19 heavy (non-hydrogen) atoms. The van der Waals surface area contributed by atoms with Gasteiger partial charge in [-0.15, -0.1) is 0 Å². The number of aryl methyl sites for hydroxylation is 1. The number of ether oxygens (including phenoxy) is 1. The monoisotopic (exact) mass is 278 g/mol. The molecule has 0 atom stereocenters. The van der Waals surface area contributed by atoms with E-state index >= 15 is 0 Å². The van der Waals surface area contributed by atoms with E-state index in [0.29, 0.717) is 37.0 Å². The second-order valence-corrected chi connectivity index (χ2v) is 5.02. The molecule has 1 aliphatic rings. The van der Waals surface area contributed by atoms with E-state index in [2.05, 4.69) is 0 Å². The third-order valence-corrected chi connectivity index (χ3v) is 3.93. The summed E-state index contributed by atoms with van der Waals surface area (Å²) in [5, 5.41) is 1.46. The number of morpholine rings is 1. The van der Waals surface area contributed by atoms with Gasteiger partial charge in [-0.2, -0.15) is 0 Å². The Balaban J connectivity index is 2.06. The van der Waals surface area contributed by atoms with Crippen LogP contribution in [0.2, 0.25) is 5.02 Å². The first-order valence-corrected chi connectivity index (χ1v) is 6.68. The van der Waals surface area contributed by atoms with Gasteiger partial charge in [0.05, 0.1) is 18.2 Å². The lowest BCUT2D eigenvalue weighted by Gasteiger charge is -2.27. The van der Waals surface area contributed by atoms with Gasteiger partial charge >= 0.3 is 0 Å². The minimum absolute atomic E-state index is 0.0213. The third-order valence-electron chi connectivity index (χ3n) is 3.55. The summed E-state index contributed by atoms with van der Waals surface area (Å²) < 4.78 is 7.14. The summed E-state index contributed by atoms with van der Waals surface area (Å²) >= 11 is 6.38. The smallest absolute Gasteiger partial charge is 0.272 e. The number of aromatic nitrogens is 1. The summed E-state index contributed by atoms with van der Waals surface area (Å²) in [7, 11) is 1.88. The summed E-state index contributed by atoms with van der Waals surface area (Å²) in [4.78, 5) is 14.4. The van der Waals surface area contributed by atoms with Gasteiger partial charge in [0.15, 0.2) is 0 Å². The van der Waals surface area contributed by atoms with E-state index in [1.165, 1.54) is 0 Å². The van der Waals surface area contributed by atoms with E-state index in [1.807, 2.05) is 35.9 Å². The van der Waals surface area contributed by atoms with E-state index in [1.54, 1.807) is 4.90 Å². The molecule has 0 spiro atoms. The highest BCUT2D eigenvalue weighted by Gasteiger charge is 2.25. The van der Waals surface area contributed by atoms with Gasteiger partial charge in [0.1, 0.15) is 5.69 Å². The number of hydrogen-bond acceptors (Lipinski definition) is 2. The molecule has 0 bridgehead atoms. The van der Waals surface area contributed by atoms with E-state index in [-0.39, 0.29) is 5.91 Å². The van der Waals surface area contributed by atoms with Gasteiger partial charge in [-0.1, -0.05) is 29.8 Å². The molecule has 1 fully saturated rings. The average Bonchev–Trinajstić information content (AvgIpc) is 2.72. The zero-order valence-electron chi connectivity index (χ0n) is 10.7. The van der Waals surface area contributed by atoms with Crippen molar-refractivity contribution in [2.75, 3.05) is 26.3 Å². The van der Waals surface area contributed by atoms with Crippen LogP contribution in [0.25, 0.3) is 10.9 Å². The highest BCUT2D eigenvalue weighted by atomic mass is 35.5. The molecule has 0 radical (unpaired) electrons. The maximum absolute atomic E-state index is 12.6. The summed E-state index contributed by atoms with van der Waals surface area (Å²) in [5.74, 6) is -0.0213. The molecule has 1 aromatic carbocycles. The van der Waals surface area contributed by atoms with Crippen LogP contribution in [0.3, 0.4) is 0 Å². The summed E-state index contributed by atoms with van der Waals surface area (Å²) in [6.45, 7) is 2.42. The highest BCUT2D eigenvalue weighted by Crippen LogP contribution is 2.30. The zero-order valence-corrected chi connectivity index (χ0v) is 11.5. The van der Waals surface area contributed by atoms with Crippen LogP contribution in [-0.2, 0) is 11.8 Å². The van der Waals surface area contributed by atoms with Gasteiger partial charge in [0, 0.05) is 31.0 Å². The van der Waals surface area contributed by atoms with Crippen LogP contribution in [0.4, 0.5) is 0 Å². The lowest BCUT2D eigenvalue weighted by Crippen LogP contribution is -2.41. The van der Waals surface area contributed by atoms with Gasteiger partial charge in [0.25, 0.3) is 5.91 Å². The first kappa shape index (κ1) is 12.5. The maximum Gasteiger partial charge on any atom is 0.272 e. The van der Waals surface area contributed by atoms with Crippen LogP contribution in [0.5, 0.6) is 0 Å². The molecule has 1 aliphatic heterocycles. The van der Waals surface area contributed by atoms with E-state index in [4.69, 9.17) is 16.3 Å². The number of fused-ring (bicyclic) bond motifs is 1. The Morgan fingerprint density at radius 1 is 1.26 bits per heavy atom. The summed E-state index contributed by atoms with van der Waals surface area (Å²) in [6.07, 6.45) is 0. The average molecular weight is 279 g/mol. The first-order valence-electron chi connectivity index (χ1n) is 6.30. The predicted molar refractivity (Wildman–Crippen MR) is 74.7 cm³/mol. The molecule has 4 nitrogen and oxygen atoms in total. The van der Waals surface area contributed by atoms with E-state index in [0.717, 1.165) is 10.9 Å². The topological polar surface area (TPSA) is 34.5 Å². The summed E-state index contributed by atoms with van der Waals surface area (Å²) in [5.41, 5.74) is 1.54. The minimum Gasteiger partial charge on any atom is -0.378 e. The van der Waals surface area contributed by atoms with Crippen molar-refractivity contribution in [1.29, 1.82) is 0 Å². The van der Waals surface area contributed by atoms with Crippen molar-refractivity contribution in [3.05, 3.63) is 35.0 Å². The van der Waals surface area contributed by atoms with Crippen LogP contribution in [0.15, 0.2) is 24.3 Å². The molecule has 1 saturated heterocycles. The van der Waals surface area contributed by atoms with Crippen molar-refractivity contribution in [3.8, 4) is 0 Å². The van der Waals surface area contributed by atoms with Crippen molar-refractivity contribution in [2.45, 2.75) is 0 Å². The Bertz CT molecular complexity index is 591. The molecular weight excluding hydrogens is 264 g/mol. The SMILES string of the molecule is Cn1c(C(=O)N2CCOCC2)c(Cl)c2ccccc21. The molecule has 0 unspecified atom stereocenters. The number of rotatable bonds is 1. The maximum atomic E-state index is 12.6.